The van der Waals surface area contributed by atoms with Crippen LogP contribution in [0.5, 0.6) is 0 Å². The molecule has 80 valence electrons. The van der Waals surface area contributed by atoms with Crippen molar-refractivity contribution in [2.24, 2.45) is 5.73 Å². The number of carbonyl (C=O) groups is 2. The molecule has 4 nitrogen and oxygen atoms in total. The summed E-state index contributed by atoms with van der Waals surface area (Å²) >= 11 is 3.28. The molecule has 1 aromatic carbocycles. The number of carbonyl (C=O) groups excluding carboxylic acids is 2. The van der Waals surface area contributed by atoms with Crippen LogP contribution < -0.4 is 11.1 Å². The lowest BCUT2D eigenvalue weighted by molar-refractivity contribution is -0.117. The van der Waals surface area contributed by atoms with Gasteiger partial charge in [0, 0.05) is 4.47 Å². The molecule has 2 amide bonds. The molecule has 0 radical (unpaired) electrons. The number of nitrogens with two attached hydrogens (primary N) is 1. The van der Waals surface area contributed by atoms with Gasteiger partial charge in [0.05, 0.1) is 12.1 Å². The fourth-order valence-corrected chi connectivity index (χ4v) is 1.82. The third kappa shape index (κ3) is 3.06. The molecule has 0 aliphatic carbocycles. The Balaban J connectivity index is 2.86. The first-order chi connectivity index (χ1) is 7.02. The number of benzene rings is 1. The molecule has 0 heterocycles. The summed E-state index contributed by atoms with van der Waals surface area (Å²) in [5.41, 5.74) is 6.30. The minimum Gasteiger partial charge on any atom is -0.368 e. The predicted octanol–water partition coefficient (Wildman–Crippen LogP) is 0.973. The van der Waals surface area contributed by atoms with E-state index in [9.17, 15) is 9.59 Å². The Morgan fingerprint density at radius 3 is 2.67 bits per heavy atom. The summed E-state index contributed by atoms with van der Waals surface area (Å²) in [6.45, 7) is 1.67. The van der Waals surface area contributed by atoms with Gasteiger partial charge in [-0.25, -0.2) is 0 Å². The molecule has 5 heteroatoms. The number of hydrogen-bond acceptors (Lipinski definition) is 2. The molecular weight excluding hydrogens is 260 g/mol. The fourth-order valence-electron chi connectivity index (χ4n) is 1.18. The maximum atomic E-state index is 11.6. The van der Waals surface area contributed by atoms with E-state index in [1.54, 1.807) is 6.07 Å². The van der Waals surface area contributed by atoms with E-state index in [4.69, 9.17) is 5.73 Å². The van der Waals surface area contributed by atoms with Crippen LogP contribution in [0.15, 0.2) is 22.7 Å². The van der Waals surface area contributed by atoms with Gasteiger partial charge in [-0.1, -0.05) is 12.1 Å². The number of aryl methyl sites for hydroxylation is 1. The summed E-state index contributed by atoms with van der Waals surface area (Å²) < 4.78 is 0.699. The van der Waals surface area contributed by atoms with Gasteiger partial charge in [-0.3, -0.25) is 9.59 Å². The molecule has 0 saturated heterocycles. The van der Waals surface area contributed by atoms with E-state index in [1.165, 1.54) is 0 Å². The van der Waals surface area contributed by atoms with Gasteiger partial charge in [0.25, 0.3) is 5.91 Å². The highest BCUT2D eigenvalue weighted by atomic mass is 79.9. The summed E-state index contributed by atoms with van der Waals surface area (Å²) in [6.07, 6.45) is 0. The van der Waals surface area contributed by atoms with Crippen LogP contribution in [0.4, 0.5) is 0 Å². The van der Waals surface area contributed by atoms with Gasteiger partial charge in [0.1, 0.15) is 0 Å². The zero-order valence-corrected chi connectivity index (χ0v) is 9.80. The third-order valence-electron chi connectivity index (χ3n) is 1.87. The van der Waals surface area contributed by atoms with Gasteiger partial charge in [0.15, 0.2) is 0 Å². The molecule has 0 fully saturated rings. The van der Waals surface area contributed by atoms with E-state index in [0.717, 1.165) is 5.56 Å². The SMILES string of the molecule is Cc1cccc(Br)c1C(=O)NCC(N)=O. The highest BCUT2D eigenvalue weighted by molar-refractivity contribution is 9.10. The summed E-state index contributed by atoms with van der Waals surface area (Å²) in [6, 6.07) is 5.43. The van der Waals surface area contributed by atoms with E-state index < -0.39 is 5.91 Å². The molecule has 0 bridgehead atoms. The topological polar surface area (TPSA) is 72.2 Å². The van der Waals surface area contributed by atoms with Gasteiger partial charge in [0.2, 0.25) is 5.91 Å². The summed E-state index contributed by atoms with van der Waals surface area (Å²) in [5, 5.41) is 2.44. The molecule has 1 aromatic rings. The van der Waals surface area contributed by atoms with Crippen molar-refractivity contribution in [1.29, 1.82) is 0 Å². The van der Waals surface area contributed by atoms with Crippen LogP contribution in [0.1, 0.15) is 15.9 Å². The largest absolute Gasteiger partial charge is 0.368 e. The average Bonchev–Trinajstić information content (AvgIpc) is 2.14. The monoisotopic (exact) mass is 270 g/mol. The first-order valence-electron chi connectivity index (χ1n) is 4.34. The molecule has 0 saturated carbocycles. The Kier molecular flexibility index (Phi) is 3.85. The normalized spacial score (nSPS) is 9.73. The lowest BCUT2D eigenvalue weighted by Crippen LogP contribution is -2.33. The van der Waals surface area contributed by atoms with Crippen LogP contribution in [-0.2, 0) is 4.79 Å². The fraction of sp³-hybridized carbons (Fsp3) is 0.200. The zero-order chi connectivity index (χ0) is 11.4. The molecule has 1 rings (SSSR count). The van der Waals surface area contributed by atoms with E-state index in [0.29, 0.717) is 10.0 Å². The van der Waals surface area contributed by atoms with Crippen LogP contribution >= 0.6 is 15.9 Å². The van der Waals surface area contributed by atoms with E-state index >= 15 is 0 Å². The number of hydrogen-bond donors (Lipinski definition) is 2. The van der Waals surface area contributed by atoms with Gasteiger partial charge >= 0.3 is 0 Å². The molecule has 0 aromatic heterocycles. The second-order valence-corrected chi connectivity index (χ2v) is 3.94. The summed E-state index contributed by atoms with van der Waals surface area (Å²) in [5.74, 6) is -0.869. The number of amides is 2. The van der Waals surface area contributed by atoms with Gasteiger partial charge in [-0.05, 0) is 34.5 Å². The number of halogens is 1. The van der Waals surface area contributed by atoms with Crippen LogP contribution in [0.25, 0.3) is 0 Å². The quantitative estimate of drug-likeness (QED) is 0.859. The minimum absolute atomic E-state index is 0.153. The van der Waals surface area contributed by atoms with Crippen molar-refractivity contribution in [3.63, 3.8) is 0 Å². The molecular formula is C10H11BrN2O2. The first kappa shape index (κ1) is 11.7. The third-order valence-corrected chi connectivity index (χ3v) is 2.53. The molecule has 0 aliphatic rings. The highest BCUT2D eigenvalue weighted by Crippen LogP contribution is 2.19. The van der Waals surface area contributed by atoms with E-state index in [2.05, 4.69) is 21.2 Å². The van der Waals surface area contributed by atoms with Crippen molar-refractivity contribution in [1.82, 2.24) is 5.32 Å². The Morgan fingerprint density at radius 2 is 2.13 bits per heavy atom. The second kappa shape index (κ2) is 4.93. The predicted molar refractivity (Wildman–Crippen MR) is 60.4 cm³/mol. The minimum atomic E-state index is -0.562. The maximum Gasteiger partial charge on any atom is 0.253 e. The van der Waals surface area contributed by atoms with Crippen molar-refractivity contribution in [3.05, 3.63) is 33.8 Å². The Labute approximate surface area is 96.0 Å². The maximum absolute atomic E-state index is 11.6. The molecule has 0 aliphatic heterocycles. The Bertz CT molecular complexity index is 384. The van der Waals surface area contributed by atoms with Crippen molar-refractivity contribution >= 4 is 27.7 Å². The zero-order valence-electron chi connectivity index (χ0n) is 8.21. The standard InChI is InChI=1S/C10H11BrN2O2/c1-6-3-2-4-7(11)9(6)10(15)13-5-8(12)14/h2-4H,5H2,1H3,(H2,12,14)(H,13,15). The molecule has 0 spiro atoms. The molecule has 15 heavy (non-hydrogen) atoms. The highest BCUT2D eigenvalue weighted by Gasteiger charge is 2.12. The van der Waals surface area contributed by atoms with Crippen LogP contribution in [0.2, 0.25) is 0 Å². The molecule has 0 unspecified atom stereocenters. The summed E-state index contributed by atoms with van der Waals surface area (Å²) in [7, 11) is 0. The van der Waals surface area contributed by atoms with Crippen molar-refractivity contribution in [3.8, 4) is 0 Å². The lowest BCUT2D eigenvalue weighted by atomic mass is 10.1. The van der Waals surface area contributed by atoms with Crippen LogP contribution in [-0.4, -0.2) is 18.4 Å². The van der Waals surface area contributed by atoms with E-state index in [1.807, 2.05) is 19.1 Å². The first-order valence-corrected chi connectivity index (χ1v) is 5.13. The molecule has 0 atom stereocenters. The number of rotatable bonds is 3. The van der Waals surface area contributed by atoms with Gasteiger partial charge in [-0.15, -0.1) is 0 Å². The lowest BCUT2D eigenvalue weighted by Gasteiger charge is -2.07. The van der Waals surface area contributed by atoms with E-state index in [-0.39, 0.29) is 12.5 Å². The second-order valence-electron chi connectivity index (χ2n) is 3.08. The van der Waals surface area contributed by atoms with Gasteiger partial charge < -0.3 is 11.1 Å². The smallest absolute Gasteiger partial charge is 0.253 e. The average molecular weight is 271 g/mol. The Hall–Kier alpha value is -1.36. The Morgan fingerprint density at radius 1 is 1.47 bits per heavy atom. The van der Waals surface area contributed by atoms with Crippen molar-refractivity contribution < 1.29 is 9.59 Å². The van der Waals surface area contributed by atoms with Crippen LogP contribution in [0, 0.1) is 6.92 Å². The number of primary amides is 1. The van der Waals surface area contributed by atoms with Gasteiger partial charge in [-0.2, -0.15) is 0 Å². The van der Waals surface area contributed by atoms with Crippen molar-refractivity contribution in [2.75, 3.05) is 6.54 Å². The molecule has 3 N–H and O–H groups in total. The summed E-state index contributed by atoms with van der Waals surface area (Å²) in [4.78, 5) is 22.1. The van der Waals surface area contributed by atoms with Crippen molar-refractivity contribution in [2.45, 2.75) is 6.92 Å². The number of nitrogens with one attached hydrogen (secondary N) is 1. The van der Waals surface area contributed by atoms with Crippen LogP contribution in [0.3, 0.4) is 0 Å².